The van der Waals surface area contributed by atoms with E-state index in [1.54, 1.807) is 6.20 Å². The molecule has 4 heteroatoms. The van der Waals surface area contributed by atoms with Gasteiger partial charge in [0.2, 0.25) is 0 Å². The van der Waals surface area contributed by atoms with Gasteiger partial charge >= 0.3 is 0 Å². The van der Waals surface area contributed by atoms with Crippen molar-refractivity contribution in [2.45, 2.75) is 33.2 Å². The van der Waals surface area contributed by atoms with Crippen molar-refractivity contribution in [1.82, 2.24) is 15.1 Å². The first-order valence-corrected chi connectivity index (χ1v) is 6.26. The Bertz CT molecular complexity index is 331. The first-order valence-electron chi connectivity index (χ1n) is 5.88. The highest BCUT2D eigenvalue weighted by atomic mass is 35.5. The quantitative estimate of drug-likeness (QED) is 0.744. The molecule has 1 rings (SSSR count). The molecule has 0 bridgehead atoms. The highest BCUT2D eigenvalue weighted by molar-refractivity contribution is 6.31. The average molecular weight is 242 g/mol. The van der Waals surface area contributed by atoms with E-state index in [2.05, 4.69) is 36.4 Å². The molecule has 1 heterocycles. The predicted octanol–water partition coefficient (Wildman–Crippen LogP) is 2.96. The van der Waals surface area contributed by atoms with E-state index in [0.29, 0.717) is 0 Å². The molecule has 0 aliphatic rings. The molecule has 1 aromatic rings. The number of hydrogen-bond acceptors (Lipinski definition) is 2. The summed E-state index contributed by atoms with van der Waals surface area (Å²) in [7, 11) is 0. The molecular weight excluding hydrogens is 222 g/mol. The van der Waals surface area contributed by atoms with Crippen LogP contribution in [0.2, 0.25) is 5.02 Å². The van der Waals surface area contributed by atoms with E-state index in [1.165, 1.54) is 0 Å². The minimum Gasteiger partial charge on any atom is -0.317 e. The first kappa shape index (κ1) is 13.3. The summed E-state index contributed by atoms with van der Waals surface area (Å²) in [6.45, 7) is 7.18. The number of nitrogens with zero attached hydrogens (tertiary/aromatic N) is 2. The van der Waals surface area contributed by atoms with Crippen molar-refractivity contribution < 1.29 is 0 Å². The van der Waals surface area contributed by atoms with Gasteiger partial charge in [0.05, 0.1) is 16.9 Å². The minimum atomic E-state index is 0.730. The lowest BCUT2D eigenvalue weighted by atomic mass is 10.3. The van der Waals surface area contributed by atoms with Crippen LogP contribution in [0.4, 0.5) is 0 Å². The average Bonchev–Trinajstić information content (AvgIpc) is 2.61. The lowest BCUT2D eigenvalue weighted by Gasteiger charge is -2.02. The largest absolute Gasteiger partial charge is 0.317 e. The van der Waals surface area contributed by atoms with E-state index in [9.17, 15) is 0 Å². The Labute approximate surface area is 102 Å². The lowest BCUT2D eigenvalue weighted by molar-refractivity contribution is 0.598. The van der Waals surface area contributed by atoms with E-state index in [1.807, 2.05) is 4.68 Å². The van der Waals surface area contributed by atoms with E-state index >= 15 is 0 Å². The van der Waals surface area contributed by atoms with Crippen molar-refractivity contribution in [2.24, 2.45) is 0 Å². The molecule has 0 saturated carbocycles. The van der Waals surface area contributed by atoms with Crippen LogP contribution in [0.25, 0.3) is 6.08 Å². The summed E-state index contributed by atoms with van der Waals surface area (Å²) in [5.41, 5.74) is 1.01. The number of halogens is 1. The summed E-state index contributed by atoms with van der Waals surface area (Å²) in [6.07, 6.45) is 7.99. The third-order valence-corrected chi connectivity index (χ3v) is 2.57. The second kappa shape index (κ2) is 7.47. The minimum absolute atomic E-state index is 0.730. The molecule has 0 unspecified atom stereocenters. The van der Waals surface area contributed by atoms with Gasteiger partial charge in [-0.2, -0.15) is 5.10 Å². The van der Waals surface area contributed by atoms with Crippen LogP contribution in [-0.4, -0.2) is 22.9 Å². The molecule has 1 aromatic heterocycles. The van der Waals surface area contributed by atoms with E-state index in [-0.39, 0.29) is 0 Å². The lowest BCUT2D eigenvalue weighted by Crippen LogP contribution is -2.12. The monoisotopic (exact) mass is 241 g/mol. The molecule has 1 N–H and O–H groups in total. The SMILES string of the molecule is CCCn1ncc(Cl)c1/C=C/CCNCC. The van der Waals surface area contributed by atoms with Gasteiger partial charge in [-0.1, -0.05) is 31.5 Å². The summed E-state index contributed by atoms with van der Waals surface area (Å²) < 4.78 is 1.95. The smallest absolute Gasteiger partial charge is 0.0859 e. The van der Waals surface area contributed by atoms with Crippen LogP contribution in [-0.2, 0) is 6.54 Å². The molecule has 90 valence electrons. The predicted molar refractivity (Wildman–Crippen MR) is 69.7 cm³/mol. The molecule has 0 aromatic carbocycles. The number of aromatic nitrogens is 2. The van der Waals surface area contributed by atoms with Gasteiger partial charge in [-0.3, -0.25) is 4.68 Å². The highest BCUT2D eigenvalue weighted by Gasteiger charge is 2.04. The van der Waals surface area contributed by atoms with Gasteiger partial charge < -0.3 is 5.32 Å². The molecule has 0 spiro atoms. The van der Waals surface area contributed by atoms with Crippen molar-refractivity contribution in [1.29, 1.82) is 0 Å². The number of hydrogen-bond donors (Lipinski definition) is 1. The zero-order valence-electron chi connectivity index (χ0n) is 10.0. The van der Waals surface area contributed by atoms with Crippen molar-refractivity contribution in [3.8, 4) is 0 Å². The summed E-state index contributed by atoms with van der Waals surface area (Å²) >= 11 is 6.07. The summed E-state index contributed by atoms with van der Waals surface area (Å²) in [5.74, 6) is 0. The Hall–Kier alpha value is -0.800. The summed E-state index contributed by atoms with van der Waals surface area (Å²) in [4.78, 5) is 0. The van der Waals surface area contributed by atoms with Crippen molar-refractivity contribution in [3.63, 3.8) is 0 Å². The zero-order valence-corrected chi connectivity index (χ0v) is 10.8. The Morgan fingerprint density at radius 1 is 1.50 bits per heavy atom. The molecule has 0 atom stereocenters. The van der Waals surface area contributed by atoms with Crippen molar-refractivity contribution in [2.75, 3.05) is 13.1 Å². The molecule has 0 saturated heterocycles. The number of aryl methyl sites for hydroxylation is 1. The van der Waals surface area contributed by atoms with Gasteiger partial charge in [0.25, 0.3) is 0 Å². The maximum absolute atomic E-state index is 6.07. The van der Waals surface area contributed by atoms with E-state index in [0.717, 1.165) is 43.2 Å². The second-order valence-electron chi connectivity index (χ2n) is 3.65. The fourth-order valence-corrected chi connectivity index (χ4v) is 1.69. The van der Waals surface area contributed by atoms with Gasteiger partial charge in [-0.25, -0.2) is 0 Å². The van der Waals surface area contributed by atoms with Crippen molar-refractivity contribution >= 4 is 17.7 Å². The Morgan fingerprint density at radius 3 is 3.00 bits per heavy atom. The van der Waals surface area contributed by atoms with E-state index in [4.69, 9.17) is 11.6 Å². The summed E-state index contributed by atoms with van der Waals surface area (Å²) in [5, 5.41) is 8.24. The van der Waals surface area contributed by atoms with Gasteiger partial charge in [0.15, 0.2) is 0 Å². The normalized spacial score (nSPS) is 11.4. The molecule has 0 fully saturated rings. The van der Waals surface area contributed by atoms with Gasteiger partial charge in [-0.15, -0.1) is 0 Å². The van der Waals surface area contributed by atoms with Crippen LogP contribution in [0.5, 0.6) is 0 Å². The molecule has 0 amide bonds. The van der Waals surface area contributed by atoms with Crippen LogP contribution in [0.15, 0.2) is 12.3 Å². The Morgan fingerprint density at radius 2 is 2.31 bits per heavy atom. The Kier molecular flexibility index (Phi) is 6.19. The molecule has 0 radical (unpaired) electrons. The second-order valence-corrected chi connectivity index (χ2v) is 4.05. The molecule has 0 aliphatic carbocycles. The Balaban J connectivity index is 2.53. The molecule has 0 aliphatic heterocycles. The van der Waals surface area contributed by atoms with Crippen LogP contribution in [0, 0.1) is 0 Å². The standard InChI is InChI=1S/C12H20ClN3/c1-3-9-16-12(11(13)10-15-16)7-5-6-8-14-4-2/h5,7,10,14H,3-4,6,8-9H2,1-2H3/b7-5+. The third kappa shape index (κ3) is 3.99. The van der Waals surface area contributed by atoms with Crippen LogP contribution in [0.1, 0.15) is 32.4 Å². The molecular formula is C12H20ClN3. The topological polar surface area (TPSA) is 29.9 Å². The number of rotatable bonds is 7. The molecule has 3 nitrogen and oxygen atoms in total. The third-order valence-electron chi connectivity index (χ3n) is 2.28. The van der Waals surface area contributed by atoms with Gasteiger partial charge in [0.1, 0.15) is 0 Å². The van der Waals surface area contributed by atoms with Crippen LogP contribution < -0.4 is 5.32 Å². The first-order chi connectivity index (χ1) is 7.79. The maximum atomic E-state index is 6.07. The van der Waals surface area contributed by atoms with Crippen LogP contribution >= 0.6 is 11.6 Å². The van der Waals surface area contributed by atoms with Crippen LogP contribution in [0.3, 0.4) is 0 Å². The molecule has 16 heavy (non-hydrogen) atoms. The van der Waals surface area contributed by atoms with Crippen molar-refractivity contribution in [3.05, 3.63) is 23.0 Å². The zero-order chi connectivity index (χ0) is 11.8. The fourth-order valence-electron chi connectivity index (χ4n) is 1.48. The number of nitrogens with one attached hydrogen (secondary N) is 1. The summed E-state index contributed by atoms with van der Waals surface area (Å²) in [6, 6.07) is 0. The highest BCUT2D eigenvalue weighted by Crippen LogP contribution is 2.17. The maximum Gasteiger partial charge on any atom is 0.0859 e. The van der Waals surface area contributed by atoms with Gasteiger partial charge in [0, 0.05) is 6.54 Å². The van der Waals surface area contributed by atoms with E-state index < -0.39 is 0 Å². The van der Waals surface area contributed by atoms with Gasteiger partial charge in [-0.05, 0) is 32.0 Å². The fraction of sp³-hybridized carbons (Fsp3) is 0.583.